The summed E-state index contributed by atoms with van der Waals surface area (Å²) < 4.78 is 17.6. The first-order chi connectivity index (χ1) is 17.6. The van der Waals surface area contributed by atoms with Crippen molar-refractivity contribution in [3.05, 3.63) is 11.6 Å². The molecule has 12 atom stereocenters. The van der Waals surface area contributed by atoms with Crippen molar-refractivity contribution in [1.82, 2.24) is 0 Å². The van der Waals surface area contributed by atoms with Crippen molar-refractivity contribution in [2.24, 2.45) is 35.0 Å². The molecule has 9 heteroatoms. The Balaban J connectivity index is 1.29. The topological polar surface area (TPSA) is 140 Å². The zero-order valence-corrected chi connectivity index (χ0v) is 22.8. The summed E-state index contributed by atoms with van der Waals surface area (Å²) >= 11 is 0. The number of ketones is 1. The number of carbonyl (C=O) groups is 3. The minimum Gasteiger partial charge on any atom is -0.456 e. The third-order valence-corrected chi connectivity index (χ3v) is 11.3. The molecule has 0 unspecified atom stereocenters. The maximum Gasteiger partial charge on any atom is 0.334 e. The van der Waals surface area contributed by atoms with Crippen LogP contribution in [-0.4, -0.2) is 74.3 Å². The summed E-state index contributed by atoms with van der Waals surface area (Å²) in [6, 6.07) is 0. The Morgan fingerprint density at radius 3 is 2.47 bits per heavy atom. The highest BCUT2D eigenvalue weighted by molar-refractivity contribution is 5.90. The van der Waals surface area contributed by atoms with E-state index in [1.807, 2.05) is 27.7 Å². The number of aliphatic hydroxyl groups is 3. The largest absolute Gasteiger partial charge is 0.456 e. The van der Waals surface area contributed by atoms with Gasteiger partial charge in [0.05, 0.1) is 23.7 Å². The van der Waals surface area contributed by atoms with Gasteiger partial charge in [0.2, 0.25) is 0 Å². The van der Waals surface area contributed by atoms with Gasteiger partial charge in [0.1, 0.15) is 23.9 Å². The van der Waals surface area contributed by atoms with Crippen LogP contribution in [0.15, 0.2) is 11.6 Å². The Morgan fingerprint density at radius 1 is 1.11 bits per heavy atom. The SMILES string of the molecule is CC1=C[C@@H]([C@@H](O)[C@@H](C)[C@@H]2[C@@H]3[C@@H](O)C(=O)[C@@H]4CC[C@H]5C(C)(C)O[C@@H]6CC(=O)O[C@@]65C[C@@]4(O)CC[C@]23C)OC1=O. The lowest BCUT2D eigenvalue weighted by atomic mass is 9.68. The lowest BCUT2D eigenvalue weighted by Gasteiger charge is -2.42. The highest BCUT2D eigenvalue weighted by atomic mass is 16.6. The Kier molecular flexibility index (Phi) is 5.64. The van der Waals surface area contributed by atoms with E-state index in [1.165, 1.54) is 0 Å². The minimum absolute atomic E-state index is 0.110. The second kappa shape index (κ2) is 8.12. The minimum atomic E-state index is -1.46. The number of esters is 2. The van der Waals surface area contributed by atoms with E-state index in [9.17, 15) is 29.7 Å². The predicted molar refractivity (Wildman–Crippen MR) is 132 cm³/mol. The van der Waals surface area contributed by atoms with Gasteiger partial charge in [0.25, 0.3) is 0 Å². The van der Waals surface area contributed by atoms with Gasteiger partial charge in [0.15, 0.2) is 5.78 Å². The van der Waals surface area contributed by atoms with Crippen molar-refractivity contribution in [3.63, 3.8) is 0 Å². The second-order valence-corrected chi connectivity index (χ2v) is 13.8. The highest BCUT2D eigenvalue weighted by Crippen LogP contribution is 2.69. The van der Waals surface area contributed by atoms with E-state index in [0.29, 0.717) is 31.3 Å². The van der Waals surface area contributed by atoms with Gasteiger partial charge < -0.3 is 29.5 Å². The average molecular weight is 533 g/mol. The quantitative estimate of drug-likeness (QED) is 0.465. The van der Waals surface area contributed by atoms with Crippen LogP contribution in [0.4, 0.5) is 0 Å². The molecule has 3 saturated carbocycles. The number of aliphatic hydroxyl groups excluding tert-OH is 2. The first-order valence-electron chi connectivity index (χ1n) is 14.1. The summed E-state index contributed by atoms with van der Waals surface area (Å²) in [5.41, 5.74) is -3.04. The third kappa shape index (κ3) is 3.47. The van der Waals surface area contributed by atoms with Crippen molar-refractivity contribution < 1.29 is 43.9 Å². The highest BCUT2D eigenvalue weighted by Gasteiger charge is 2.73. The van der Waals surface area contributed by atoms with Crippen LogP contribution in [0.2, 0.25) is 0 Å². The summed E-state index contributed by atoms with van der Waals surface area (Å²) in [5, 5.41) is 34.8. The molecule has 5 fully saturated rings. The second-order valence-electron chi connectivity index (χ2n) is 13.8. The summed E-state index contributed by atoms with van der Waals surface area (Å²) in [6.07, 6.45) is 0.171. The molecule has 9 nitrogen and oxygen atoms in total. The van der Waals surface area contributed by atoms with E-state index in [2.05, 4.69) is 0 Å². The maximum atomic E-state index is 13.9. The summed E-state index contributed by atoms with van der Waals surface area (Å²) in [4.78, 5) is 38.2. The van der Waals surface area contributed by atoms with Crippen molar-refractivity contribution >= 4 is 17.7 Å². The monoisotopic (exact) mass is 532 g/mol. The molecule has 6 rings (SSSR count). The van der Waals surface area contributed by atoms with Crippen molar-refractivity contribution in [2.75, 3.05) is 0 Å². The lowest BCUT2D eigenvalue weighted by molar-refractivity contribution is -0.165. The molecule has 1 spiro atoms. The Morgan fingerprint density at radius 2 is 1.82 bits per heavy atom. The van der Waals surface area contributed by atoms with Crippen LogP contribution in [0.1, 0.15) is 73.1 Å². The molecule has 210 valence electrons. The number of hydrogen-bond acceptors (Lipinski definition) is 9. The van der Waals surface area contributed by atoms with Gasteiger partial charge in [0, 0.05) is 29.7 Å². The molecule has 0 aromatic heterocycles. The van der Waals surface area contributed by atoms with Gasteiger partial charge in [-0.25, -0.2) is 4.79 Å². The first kappa shape index (κ1) is 26.4. The van der Waals surface area contributed by atoms with E-state index in [-0.39, 0.29) is 48.3 Å². The van der Waals surface area contributed by atoms with Crippen LogP contribution in [-0.2, 0) is 28.6 Å². The Bertz CT molecular complexity index is 1110. The molecule has 0 radical (unpaired) electrons. The molecule has 0 aromatic rings. The number of rotatable bonds is 3. The standard InChI is InChI=1S/C29H40O9/c1-13-10-16(36-25(13)34)22(31)14(2)20-21-24(33)23(32)15-6-7-17-26(3,4)37-18-11-19(30)38-29(17,18)12-28(15,35)9-8-27(20,21)5/h10,14-18,20-22,24,31,33,35H,6-9,11-12H2,1-5H3/t14-,15-,16-,17-,18+,20+,21+,22-,24+,27+,28-,29+/m0/s1. The molecule has 3 heterocycles. The number of Topliss-reactive ketones (excluding diaryl/α,β-unsaturated/α-hetero) is 1. The van der Waals surface area contributed by atoms with E-state index in [4.69, 9.17) is 14.2 Å². The molecule has 2 saturated heterocycles. The maximum absolute atomic E-state index is 13.9. The molecule has 3 aliphatic carbocycles. The Labute approximate surface area is 222 Å². The average Bonchev–Trinajstić information content (AvgIpc) is 3.08. The van der Waals surface area contributed by atoms with Crippen molar-refractivity contribution in [1.29, 1.82) is 0 Å². The zero-order valence-electron chi connectivity index (χ0n) is 22.8. The van der Waals surface area contributed by atoms with Crippen LogP contribution in [0.25, 0.3) is 0 Å². The van der Waals surface area contributed by atoms with Crippen LogP contribution >= 0.6 is 0 Å². The fourth-order valence-corrected chi connectivity index (χ4v) is 9.43. The van der Waals surface area contributed by atoms with Gasteiger partial charge in [-0.2, -0.15) is 0 Å². The van der Waals surface area contributed by atoms with Gasteiger partial charge in [-0.15, -0.1) is 0 Å². The normalized spacial score (nSPS) is 50.7. The molecule has 0 amide bonds. The molecule has 0 bridgehead atoms. The molecule has 3 N–H and O–H groups in total. The molecule has 3 aliphatic heterocycles. The van der Waals surface area contributed by atoms with Crippen LogP contribution in [0.5, 0.6) is 0 Å². The zero-order chi connectivity index (χ0) is 27.6. The van der Waals surface area contributed by atoms with E-state index >= 15 is 0 Å². The molecule has 38 heavy (non-hydrogen) atoms. The number of ether oxygens (including phenoxy) is 3. The molecule has 0 aromatic carbocycles. The molecular formula is C29H40O9. The van der Waals surface area contributed by atoms with E-state index < -0.39 is 58.5 Å². The first-order valence-corrected chi connectivity index (χ1v) is 14.1. The number of carbonyl (C=O) groups excluding carboxylic acids is 3. The molecular weight excluding hydrogens is 492 g/mol. The number of cyclic esters (lactones) is 1. The van der Waals surface area contributed by atoms with Crippen LogP contribution in [0.3, 0.4) is 0 Å². The lowest BCUT2D eigenvalue weighted by Crippen LogP contribution is -2.54. The van der Waals surface area contributed by atoms with E-state index in [1.54, 1.807) is 13.0 Å². The van der Waals surface area contributed by atoms with Gasteiger partial charge in [-0.05, 0) is 69.8 Å². The molecule has 6 aliphatic rings. The van der Waals surface area contributed by atoms with Crippen LogP contribution < -0.4 is 0 Å². The Hall–Kier alpha value is -1.81. The number of fused-ring (bicyclic) bond motifs is 2. The number of hydrogen-bond donors (Lipinski definition) is 3. The van der Waals surface area contributed by atoms with E-state index in [0.717, 1.165) is 0 Å². The van der Waals surface area contributed by atoms with Gasteiger partial charge in [-0.3, -0.25) is 9.59 Å². The summed E-state index contributed by atoms with van der Waals surface area (Å²) in [5.74, 6) is -2.99. The fourth-order valence-electron chi connectivity index (χ4n) is 9.43. The summed E-state index contributed by atoms with van der Waals surface area (Å²) in [7, 11) is 0. The van der Waals surface area contributed by atoms with Crippen molar-refractivity contribution in [3.8, 4) is 0 Å². The smallest absolute Gasteiger partial charge is 0.334 e. The fraction of sp³-hybridized carbons (Fsp3) is 0.828. The van der Waals surface area contributed by atoms with Gasteiger partial charge >= 0.3 is 11.9 Å². The van der Waals surface area contributed by atoms with Gasteiger partial charge in [-0.1, -0.05) is 13.8 Å². The third-order valence-electron chi connectivity index (χ3n) is 11.3. The van der Waals surface area contributed by atoms with Crippen LogP contribution in [0, 0.1) is 35.0 Å². The van der Waals surface area contributed by atoms with Crippen molar-refractivity contribution in [2.45, 2.75) is 114 Å². The summed E-state index contributed by atoms with van der Waals surface area (Å²) in [6.45, 7) is 9.48. The predicted octanol–water partition coefficient (Wildman–Crippen LogP) is 1.84.